The molecular formula is C68H103F3N4O6. The van der Waals surface area contributed by atoms with Crippen LogP contribution in [0.4, 0.5) is 13.2 Å². The highest BCUT2D eigenvalue weighted by molar-refractivity contribution is 5.29. The minimum Gasteiger partial charge on any atom is -0.385 e. The van der Waals surface area contributed by atoms with Gasteiger partial charge in [0, 0.05) is 95.9 Å². The van der Waals surface area contributed by atoms with Crippen molar-refractivity contribution in [1.29, 1.82) is 0 Å². The smallest absolute Gasteiger partial charge is 0.385 e. The van der Waals surface area contributed by atoms with Crippen molar-refractivity contribution in [2.45, 2.75) is 160 Å². The number of alkyl halides is 3. The zero-order chi connectivity index (χ0) is 57.4. The molecule has 0 amide bonds. The first-order valence-electron chi connectivity index (χ1n) is 31.4. The molecule has 5 fully saturated rings. The van der Waals surface area contributed by atoms with Gasteiger partial charge in [-0.25, -0.2) is 0 Å². The highest BCUT2D eigenvalue weighted by Crippen LogP contribution is 2.42. The largest absolute Gasteiger partial charge is 0.389 e. The summed E-state index contributed by atoms with van der Waals surface area (Å²) in [5, 5.41) is 36.0. The van der Waals surface area contributed by atoms with Crippen molar-refractivity contribution in [3.63, 3.8) is 0 Å². The zero-order valence-electron chi connectivity index (χ0n) is 49.6. The van der Waals surface area contributed by atoms with Gasteiger partial charge in [-0.2, -0.15) is 13.2 Å². The summed E-state index contributed by atoms with van der Waals surface area (Å²) in [4.78, 5) is 0. The Morgan fingerprint density at radius 3 is 1.47 bits per heavy atom. The maximum absolute atomic E-state index is 12.6. The fraction of sp³-hybridized carbons (Fsp3) is 0.647. The molecule has 8 atom stereocenters. The van der Waals surface area contributed by atoms with Crippen LogP contribution in [0.1, 0.15) is 163 Å². The van der Waals surface area contributed by atoms with Gasteiger partial charge in [0.2, 0.25) is 0 Å². The molecular weight excluding hydrogens is 1030 g/mol. The van der Waals surface area contributed by atoms with E-state index < -0.39 is 23.8 Å². The van der Waals surface area contributed by atoms with Crippen molar-refractivity contribution in [2.75, 3.05) is 92.0 Å². The molecule has 1 saturated carbocycles. The average Bonchev–Trinajstić information content (AvgIpc) is 4.38. The van der Waals surface area contributed by atoms with E-state index in [1.807, 2.05) is 38.1 Å². The van der Waals surface area contributed by atoms with Crippen LogP contribution in [0.2, 0.25) is 0 Å². The van der Waals surface area contributed by atoms with Crippen molar-refractivity contribution in [3.8, 4) is 0 Å². The van der Waals surface area contributed by atoms with Crippen LogP contribution in [0, 0.1) is 36.5 Å². The Labute approximate surface area is 485 Å². The number of benzene rings is 4. The molecule has 0 aromatic heterocycles. The molecule has 4 saturated heterocycles. The Balaban J connectivity index is 0.000000174. The number of halogens is 3. The highest BCUT2D eigenvalue weighted by Gasteiger charge is 2.43. The number of aryl methyl sites for hydroxylation is 1. The number of piperidine rings is 4. The quantitative estimate of drug-likeness (QED) is 0.0339. The molecule has 4 heterocycles. The lowest BCUT2D eigenvalue weighted by Gasteiger charge is -2.39. The molecule has 452 valence electrons. The van der Waals surface area contributed by atoms with Crippen LogP contribution < -0.4 is 21.3 Å². The van der Waals surface area contributed by atoms with Crippen LogP contribution in [0.3, 0.4) is 0 Å². The molecule has 0 spiro atoms. The molecule has 5 aliphatic rings. The Kier molecular flexibility index (Phi) is 30.2. The summed E-state index contributed by atoms with van der Waals surface area (Å²) in [5.74, 6) is 2.28. The summed E-state index contributed by atoms with van der Waals surface area (Å²) >= 11 is 0. The maximum atomic E-state index is 12.6. The van der Waals surface area contributed by atoms with E-state index in [0.29, 0.717) is 29.9 Å². The number of nitrogens with one attached hydrogen (secondary N) is 4. The molecule has 4 aliphatic heterocycles. The number of ether oxygens (including phenoxy) is 4. The summed E-state index contributed by atoms with van der Waals surface area (Å²) in [7, 11) is 0. The minimum atomic E-state index is -4.25. The molecule has 9 rings (SSSR count). The summed E-state index contributed by atoms with van der Waals surface area (Å²) in [5.41, 5.74) is 3.10. The molecule has 10 nitrogen and oxygen atoms in total. The van der Waals surface area contributed by atoms with Crippen molar-refractivity contribution in [1.82, 2.24) is 21.3 Å². The van der Waals surface area contributed by atoms with E-state index in [2.05, 4.69) is 101 Å². The summed E-state index contributed by atoms with van der Waals surface area (Å²) in [6.45, 7) is 18.7. The van der Waals surface area contributed by atoms with E-state index in [0.717, 1.165) is 147 Å². The van der Waals surface area contributed by atoms with Gasteiger partial charge in [0.05, 0.1) is 23.4 Å². The van der Waals surface area contributed by atoms with Crippen LogP contribution in [0.25, 0.3) is 0 Å². The molecule has 6 N–H and O–H groups in total. The van der Waals surface area contributed by atoms with Gasteiger partial charge in [-0.1, -0.05) is 141 Å². The summed E-state index contributed by atoms with van der Waals surface area (Å²) in [6, 6.07) is 38.8. The third-order valence-electron chi connectivity index (χ3n) is 17.0. The second-order valence-corrected chi connectivity index (χ2v) is 23.4. The third-order valence-corrected chi connectivity index (χ3v) is 17.0. The molecule has 4 aromatic rings. The molecule has 13 heteroatoms. The molecule has 0 radical (unpaired) electrons. The van der Waals surface area contributed by atoms with E-state index in [4.69, 9.17) is 18.9 Å². The van der Waals surface area contributed by atoms with Crippen LogP contribution in [-0.2, 0) is 30.1 Å². The molecule has 1 aliphatic carbocycles. The lowest BCUT2D eigenvalue weighted by Crippen LogP contribution is -2.44. The topological polar surface area (TPSA) is 126 Å². The number of rotatable bonds is 26. The Morgan fingerprint density at radius 2 is 1.00 bits per heavy atom. The van der Waals surface area contributed by atoms with Crippen molar-refractivity contribution >= 4 is 0 Å². The van der Waals surface area contributed by atoms with Crippen LogP contribution in [0.15, 0.2) is 115 Å². The monoisotopic (exact) mass is 1130 g/mol. The second-order valence-electron chi connectivity index (χ2n) is 23.4. The van der Waals surface area contributed by atoms with Gasteiger partial charge in [0.1, 0.15) is 0 Å². The maximum Gasteiger partial charge on any atom is 0.389 e. The van der Waals surface area contributed by atoms with Gasteiger partial charge in [-0.05, 0) is 158 Å². The molecule has 0 bridgehead atoms. The third kappa shape index (κ3) is 23.7. The van der Waals surface area contributed by atoms with E-state index >= 15 is 0 Å². The standard InChI is InChI=1S/C18H29NO2.C17H27NO2.C17H25NO.C16H22F3NO/c1-2-12-20-13-7-14-21-18(16-8-4-3-5-9-16)17-10-6-11-19-15-17;1-2-20-13-7-11-17(19,15-8-4-3-5-9-15)16-10-6-12-18-14-16;1-2-5-15(6-3-1)17(16-7-4-11-18-13-16)19-12-10-14-8-9-14;1-12-4-2-5-13(10-12)15(21,7-8-16(17,18)19)14-6-3-9-20-11-14/h3-5,8-9,17-19H,2,6-7,10-15H2,1H3;3-5,8-9,16,18-19H,2,6-7,10-14H2,1H3;1-3,5-6,14,16-18H,4,7-13H2;2,4-5,10,14,20-21H,3,6-9,11H2,1H3. The fourth-order valence-electron chi connectivity index (χ4n) is 12.2. The summed E-state index contributed by atoms with van der Waals surface area (Å²) < 4.78 is 61.3. The zero-order valence-corrected chi connectivity index (χ0v) is 49.6. The Bertz CT molecular complexity index is 2200. The van der Waals surface area contributed by atoms with Gasteiger partial charge in [0.25, 0.3) is 0 Å². The second kappa shape index (κ2) is 36.9. The first-order valence-corrected chi connectivity index (χ1v) is 31.4. The first kappa shape index (κ1) is 66.4. The van der Waals surface area contributed by atoms with Crippen LogP contribution in [-0.4, -0.2) is 108 Å². The predicted molar refractivity (Wildman–Crippen MR) is 322 cm³/mol. The summed E-state index contributed by atoms with van der Waals surface area (Å²) in [6.07, 6.45) is 11.7. The highest BCUT2D eigenvalue weighted by atomic mass is 19.4. The minimum absolute atomic E-state index is 0.185. The van der Waals surface area contributed by atoms with Crippen molar-refractivity contribution in [3.05, 3.63) is 143 Å². The SMILES string of the molecule is CCCOCCCOC(c1ccccc1)C1CCCNC1.CCOCCCC(O)(c1ccccc1)C1CCCNC1.Cc1cccc(C(O)(CCC(F)(F)F)C2CCCNC2)c1.c1ccc(C(OCCC2CC2)C2CCCNC2)cc1. The van der Waals surface area contributed by atoms with Crippen LogP contribution >= 0.6 is 0 Å². The number of aliphatic hydroxyl groups is 2. The molecule has 8 unspecified atom stereocenters. The van der Waals surface area contributed by atoms with Gasteiger partial charge >= 0.3 is 6.18 Å². The van der Waals surface area contributed by atoms with E-state index in [1.165, 1.54) is 62.6 Å². The lowest BCUT2D eigenvalue weighted by atomic mass is 9.74. The Morgan fingerprint density at radius 1 is 0.506 bits per heavy atom. The molecule has 81 heavy (non-hydrogen) atoms. The average molecular weight is 1130 g/mol. The van der Waals surface area contributed by atoms with Gasteiger partial charge < -0.3 is 50.4 Å². The van der Waals surface area contributed by atoms with Gasteiger partial charge in [-0.3, -0.25) is 0 Å². The van der Waals surface area contributed by atoms with Gasteiger partial charge in [-0.15, -0.1) is 0 Å². The number of hydrogen-bond acceptors (Lipinski definition) is 10. The first-order chi connectivity index (χ1) is 39.4. The Hall–Kier alpha value is -3.73. The van der Waals surface area contributed by atoms with E-state index in [-0.39, 0.29) is 24.5 Å². The predicted octanol–water partition coefficient (Wildman–Crippen LogP) is 13.3. The van der Waals surface area contributed by atoms with E-state index in [9.17, 15) is 23.4 Å². The van der Waals surface area contributed by atoms with Crippen molar-refractivity contribution < 1.29 is 42.3 Å². The van der Waals surface area contributed by atoms with Crippen LogP contribution in [0.5, 0.6) is 0 Å². The fourth-order valence-corrected chi connectivity index (χ4v) is 12.2. The molecule has 4 aromatic carbocycles. The van der Waals surface area contributed by atoms with E-state index in [1.54, 1.807) is 18.2 Å². The van der Waals surface area contributed by atoms with Crippen molar-refractivity contribution in [2.24, 2.45) is 29.6 Å². The lowest BCUT2D eigenvalue weighted by molar-refractivity contribution is -0.154. The normalized spacial score (nSPS) is 22.6. The number of hydrogen-bond donors (Lipinski definition) is 6. The van der Waals surface area contributed by atoms with Gasteiger partial charge in [0.15, 0.2) is 0 Å².